The number of benzene rings is 1. The fraction of sp³-hybridized carbons (Fsp3) is 0.125. The summed E-state index contributed by atoms with van der Waals surface area (Å²) < 4.78 is 1.09. The van der Waals surface area contributed by atoms with Gasteiger partial charge in [0.2, 0.25) is 0 Å². The van der Waals surface area contributed by atoms with Crippen molar-refractivity contribution in [1.29, 1.82) is 0 Å². The first-order chi connectivity index (χ1) is 9.81. The zero-order valence-corrected chi connectivity index (χ0v) is 13.0. The summed E-state index contributed by atoms with van der Waals surface area (Å²) in [6.45, 7) is 0. The quantitative estimate of drug-likeness (QED) is 0.704. The molecule has 0 aliphatic rings. The van der Waals surface area contributed by atoms with Gasteiger partial charge in [-0.1, -0.05) is 30.3 Å². The Labute approximate surface area is 131 Å². The maximum Gasteiger partial charge on any atom is 0.107 e. The minimum Gasteiger partial charge on any atom is -0.337 e. The largest absolute Gasteiger partial charge is 0.337 e. The van der Waals surface area contributed by atoms with Crippen molar-refractivity contribution in [3.8, 4) is 11.3 Å². The van der Waals surface area contributed by atoms with E-state index in [0.717, 1.165) is 33.6 Å². The third-order valence-electron chi connectivity index (χ3n) is 3.16. The highest BCUT2D eigenvalue weighted by molar-refractivity contribution is 14.1. The molecule has 0 amide bonds. The van der Waals surface area contributed by atoms with Gasteiger partial charge in [-0.25, -0.2) is 4.98 Å². The van der Waals surface area contributed by atoms with E-state index in [-0.39, 0.29) is 0 Å². The molecule has 3 rings (SSSR count). The monoisotopic (exact) mass is 375 g/mol. The summed E-state index contributed by atoms with van der Waals surface area (Å²) >= 11 is 2.24. The van der Waals surface area contributed by atoms with Crippen LogP contribution in [0.1, 0.15) is 11.4 Å². The Hall–Kier alpha value is -1.69. The van der Waals surface area contributed by atoms with E-state index in [2.05, 4.69) is 61.8 Å². The lowest BCUT2D eigenvalue weighted by atomic mass is 10.1. The second-order valence-corrected chi connectivity index (χ2v) is 5.75. The molecule has 0 unspecified atom stereocenters. The van der Waals surface area contributed by atoms with Gasteiger partial charge in [0.15, 0.2) is 0 Å². The molecule has 0 fully saturated rings. The first-order valence-electron chi connectivity index (χ1n) is 6.51. The van der Waals surface area contributed by atoms with Crippen LogP contribution < -0.4 is 0 Å². The maximum absolute atomic E-state index is 4.36. The minimum atomic E-state index is 0.936. The summed E-state index contributed by atoms with van der Waals surface area (Å²) in [6.07, 6.45) is 5.61. The molecule has 0 radical (unpaired) electrons. The van der Waals surface area contributed by atoms with E-state index in [1.54, 1.807) is 0 Å². The average Bonchev–Trinajstić information content (AvgIpc) is 2.92. The number of aromatic amines is 1. The number of hydrogen-bond acceptors (Lipinski definition) is 2. The third kappa shape index (κ3) is 3.25. The topological polar surface area (TPSA) is 41.6 Å². The molecule has 4 heteroatoms. The Morgan fingerprint density at radius 3 is 2.45 bits per heavy atom. The van der Waals surface area contributed by atoms with E-state index >= 15 is 0 Å². The van der Waals surface area contributed by atoms with Crippen LogP contribution in [0.25, 0.3) is 11.3 Å². The van der Waals surface area contributed by atoms with Crippen LogP contribution in [0, 0.1) is 3.70 Å². The first kappa shape index (κ1) is 13.3. The van der Waals surface area contributed by atoms with Crippen molar-refractivity contribution in [3.05, 3.63) is 69.9 Å². The van der Waals surface area contributed by atoms with Crippen LogP contribution in [0.15, 0.2) is 54.9 Å². The Morgan fingerprint density at radius 2 is 1.80 bits per heavy atom. The van der Waals surface area contributed by atoms with E-state index in [4.69, 9.17) is 0 Å². The molecule has 0 aliphatic carbocycles. The number of aryl methyl sites for hydroxylation is 2. The van der Waals surface area contributed by atoms with Crippen LogP contribution in [0.4, 0.5) is 0 Å². The Bertz CT molecular complexity index is 674. The summed E-state index contributed by atoms with van der Waals surface area (Å²) in [5.41, 5.74) is 3.48. The van der Waals surface area contributed by atoms with Crippen molar-refractivity contribution in [2.24, 2.45) is 0 Å². The van der Waals surface area contributed by atoms with Crippen LogP contribution in [0.5, 0.6) is 0 Å². The van der Waals surface area contributed by atoms with Crippen LogP contribution in [0.2, 0.25) is 0 Å². The maximum atomic E-state index is 4.36. The van der Waals surface area contributed by atoms with E-state index < -0.39 is 0 Å². The second kappa shape index (κ2) is 6.17. The van der Waals surface area contributed by atoms with Gasteiger partial charge in [-0.15, -0.1) is 0 Å². The molecule has 0 saturated heterocycles. The van der Waals surface area contributed by atoms with Crippen molar-refractivity contribution in [1.82, 2.24) is 15.0 Å². The summed E-state index contributed by atoms with van der Waals surface area (Å²) in [4.78, 5) is 11.9. The van der Waals surface area contributed by atoms with Crippen molar-refractivity contribution in [2.45, 2.75) is 12.8 Å². The molecule has 2 aromatic heterocycles. The SMILES string of the molecule is Ic1cnc(CCc2ccc(-c3ccccn3)cc2)[nH]1. The molecule has 0 atom stereocenters. The van der Waals surface area contributed by atoms with Crippen LogP contribution >= 0.6 is 22.6 Å². The molecule has 3 aromatic rings. The first-order valence-corrected chi connectivity index (χ1v) is 7.59. The standard InChI is InChI=1S/C16H14IN3/c17-15-11-19-16(20-15)9-6-12-4-7-13(8-5-12)14-3-1-2-10-18-14/h1-5,7-8,10-11H,6,9H2,(H,19,20). The van der Waals surface area contributed by atoms with Crippen LogP contribution in [0.3, 0.4) is 0 Å². The lowest BCUT2D eigenvalue weighted by molar-refractivity contribution is 0.882. The number of rotatable bonds is 4. The molecule has 2 heterocycles. The minimum absolute atomic E-state index is 0.936. The molecule has 1 N–H and O–H groups in total. The van der Waals surface area contributed by atoms with Crippen molar-refractivity contribution in [2.75, 3.05) is 0 Å². The Kier molecular flexibility index (Phi) is 4.11. The highest BCUT2D eigenvalue weighted by atomic mass is 127. The predicted octanol–water partition coefficient (Wildman–Crippen LogP) is 3.86. The van der Waals surface area contributed by atoms with Gasteiger partial charge in [-0.05, 0) is 46.7 Å². The molecular weight excluding hydrogens is 361 g/mol. The average molecular weight is 375 g/mol. The van der Waals surface area contributed by atoms with E-state index in [9.17, 15) is 0 Å². The molecule has 0 bridgehead atoms. The van der Waals surface area contributed by atoms with Gasteiger partial charge in [0.1, 0.15) is 5.82 Å². The molecule has 20 heavy (non-hydrogen) atoms. The number of aromatic nitrogens is 3. The fourth-order valence-corrected chi connectivity index (χ4v) is 2.55. The summed E-state index contributed by atoms with van der Waals surface area (Å²) in [7, 11) is 0. The van der Waals surface area contributed by atoms with Crippen molar-refractivity contribution < 1.29 is 0 Å². The lowest BCUT2D eigenvalue weighted by Gasteiger charge is -2.03. The van der Waals surface area contributed by atoms with Gasteiger partial charge < -0.3 is 4.98 Å². The molecular formula is C16H14IN3. The zero-order chi connectivity index (χ0) is 13.8. The molecule has 100 valence electrons. The number of hydrogen-bond donors (Lipinski definition) is 1. The van der Waals surface area contributed by atoms with Gasteiger partial charge >= 0.3 is 0 Å². The third-order valence-corrected chi connectivity index (χ3v) is 3.71. The van der Waals surface area contributed by atoms with Crippen LogP contribution in [-0.2, 0) is 12.8 Å². The number of nitrogens with one attached hydrogen (secondary N) is 1. The molecule has 1 aromatic carbocycles. The summed E-state index contributed by atoms with van der Waals surface area (Å²) in [5.74, 6) is 1.04. The molecule has 0 spiro atoms. The van der Waals surface area contributed by atoms with Gasteiger partial charge in [0.05, 0.1) is 15.6 Å². The normalized spacial score (nSPS) is 10.7. The Balaban J connectivity index is 1.67. The molecule has 0 saturated carbocycles. The smallest absolute Gasteiger partial charge is 0.107 e. The van der Waals surface area contributed by atoms with Gasteiger partial charge in [0, 0.05) is 18.2 Å². The fourth-order valence-electron chi connectivity index (χ4n) is 2.10. The van der Waals surface area contributed by atoms with Gasteiger partial charge in [0.25, 0.3) is 0 Å². The summed E-state index contributed by atoms with van der Waals surface area (Å²) in [6, 6.07) is 14.6. The number of pyridine rings is 1. The Morgan fingerprint density at radius 1 is 0.950 bits per heavy atom. The highest BCUT2D eigenvalue weighted by Crippen LogP contribution is 2.17. The van der Waals surface area contributed by atoms with Crippen LogP contribution in [-0.4, -0.2) is 15.0 Å². The molecule has 3 nitrogen and oxygen atoms in total. The second-order valence-electron chi connectivity index (χ2n) is 4.59. The number of imidazole rings is 1. The van der Waals surface area contributed by atoms with E-state index in [1.807, 2.05) is 30.6 Å². The van der Waals surface area contributed by atoms with E-state index in [1.165, 1.54) is 5.56 Å². The lowest BCUT2D eigenvalue weighted by Crippen LogP contribution is -1.93. The number of H-pyrrole nitrogens is 1. The molecule has 0 aliphatic heterocycles. The number of nitrogens with zero attached hydrogens (tertiary/aromatic N) is 2. The number of halogens is 1. The summed E-state index contributed by atoms with van der Waals surface area (Å²) in [5, 5.41) is 0. The van der Waals surface area contributed by atoms with Gasteiger partial charge in [-0.3, -0.25) is 4.98 Å². The van der Waals surface area contributed by atoms with Crippen molar-refractivity contribution in [3.63, 3.8) is 0 Å². The van der Waals surface area contributed by atoms with Crippen molar-refractivity contribution >= 4 is 22.6 Å². The zero-order valence-electron chi connectivity index (χ0n) is 10.9. The predicted molar refractivity (Wildman–Crippen MR) is 88.4 cm³/mol. The van der Waals surface area contributed by atoms with Gasteiger partial charge in [-0.2, -0.15) is 0 Å². The highest BCUT2D eigenvalue weighted by Gasteiger charge is 2.01. The van der Waals surface area contributed by atoms with E-state index in [0.29, 0.717) is 0 Å².